The third-order valence-corrected chi connectivity index (χ3v) is 3.67. The number of hydrogen-bond acceptors (Lipinski definition) is 2. The quantitative estimate of drug-likeness (QED) is 0.844. The van der Waals surface area contributed by atoms with Crippen molar-refractivity contribution in [1.29, 1.82) is 0 Å². The lowest BCUT2D eigenvalue weighted by Gasteiger charge is -2.23. The molecule has 1 N–H and O–H groups in total. The molecule has 0 spiro atoms. The van der Waals surface area contributed by atoms with E-state index in [0.717, 1.165) is 12.8 Å². The van der Waals surface area contributed by atoms with Gasteiger partial charge in [0, 0.05) is 6.04 Å². The number of nitrogens with one attached hydrogen (secondary N) is 1. The van der Waals surface area contributed by atoms with E-state index in [-0.39, 0.29) is 0 Å². The molecule has 3 atom stereocenters. The van der Waals surface area contributed by atoms with Gasteiger partial charge in [-0.05, 0) is 45.2 Å². The standard InChI is InChI=1S/C15H23NO/c1-12-8-11-15(17-12)14(16-2)10-9-13-6-4-3-5-7-13/h3-7,12,14-16H,8-11H2,1-2H3. The summed E-state index contributed by atoms with van der Waals surface area (Å²) in [6, 6.07) is 11.2. The Bertz CT molecular complexity index is 325. The van der Waals surface area contributed by atoms with Crippen LogP contribution in [0.1, 0.15) is 31.7 Å². The van der Waals surface area contributed by atoms with Gasteiger partial charge in [0.05, 0.1) is 12.2 Å². The van der Waals surface area contributed by atoms with Crippen LogP contribution in [0.4, 0.5) is 0 Å². The number of benzene rings is 1. The number of rotatable bonds is 5. The second-order valence-corrected chi connectivity index (χ2v) is 4.98. The van der Waals surface area contributed by atoms with E-state index in [2.05, 4.69) is 42.6 Å². The van der Waals surface area contributed by atoms with Crippen molar-refractivity contribution in [2.45, 2.75) is 50.9 Å². The molecular formula is C15H23NO. The summed E-state index contributed by atoms with van der Waals surface area (Å²) in [6.45, 7) is 2.17. The second kappa shape index (κ2) is 6.18. The van der Waals surface area contributed by atoms with Crippen LogP contribution in [0.5, 0.6) is 0 Å². The normalized spacial score (nSPS) is 26.0. The van der Waals surface area contributed by atoms with E-state index in [0.29, 0.717) is 18.2 Å². The van der Waals surface area contributed by atoms with Gasteiger partial charge in [-0.25, -0.2) is 0 Å². The Morgan fingerprint density at radius 2 is 2.06 bits per heavy atom. The Morgan fingerprint density at radius 1 is 1.29 bits per heavy atom. The summed E-state index contributed by atoms with van der Waals surface area (Å²) in [5.41, 5.74) is 1.42. The summed E-state index contributed by atoms with van der Waals surface area (Å²) >= 11 is 0. The molecule has 1 aromatic carbocycles. The monoisotopic (exact) mass is 233 g/mol. The van der Waals surface area contributed by atoms with E-state index < -0.39 is 0 Å². The minimum atomic E-state index is 0.402. The van der Waals surface area contributed by atoms with Gasteiger partial charge in [0.15, 0.2) is 0 Å². The molecule has 0 aromatic heterocycles. The van der Waals surface area contributed by atoms with Crippen molar-refractivity contribution in [2.75, 3.05) is 7.05 Å². The summed E-state index contributed by atoms with van der Waals surface area (Å²) in [4.78, 5) is 0. The number of ether oxygens (including phenoxy) is 1. The molecule has 94 valence electrons. The molecule has 1 saturated heterocycles. The first-order chi connectivity index (χ1) is 8.29. The van der Waals surface area contributed by atoms with Crippen molar-refractivity contribution in [3.8, 4) is 0 Å². The lowest BCUT2D eigenvalue weighted by molar-refractivity contribution is 0.0319. The largest absolute Gasteiger partial charge is 0.374 e. The molecule has 0 amide bonds. The van der Waals surface area contributed by atoms with Crippen molar-refractivity contribution in [3.05, 3.63) is 35.9 Å². The van der Waals surface area contributed by atoms with Crippen LogP contribution in [0.25, 0.3) is 0 Å². The number of likely N-dealkylation sites (N-methyl/N-ethyl adjacent to an activating group) is 1. The molecule has 17 heavy (non-hydrogen) atoms. The van der Waals surface area contributed by atoms with Crippen LogP contribution in [-0.2, 0) is 11.2 Å². The maximum atomic E-state index is 5.94. The van der Waals surface area contributed by atoms with Crippen LogP contribution in [-0.4, -0.2) is 25.3 Å². The molecular weight excluding hydrogens is 210 g/mol. The van der Waals surface area contributed by atoms with Gasteiger partial charge in [-0.2, -0.15) is 0 Å². The zero-order valence-electron chi connectivity index (χ0n) is 10.9. The van der Waals surface area contributed by atoms with E-state index in [1.807, 2.05) is 7.05 Å². The van der Waals surface area contributed by atoms with Gasteiger partial charge in [0.25, 0.3) is 0 Å². The minimum Gasteiger partial charge on any atom is -0.374 e. The smallest absolute Gasteiger partial charge is 0.0732 e. The van der Waals surface area contributed by atoms with Crippen LogP contribution >= 0.6 is 0 Å². The van der Waals surface area contributed by atoms with Crippen molar-refractivity contribution in [3.63, 3.8) is 0 Å². The van der Waals surface area contributed by atoms with Gasteiger partial charge in [0.2, 0.25) is 0 Å². The first kappa shape index (κ1) is 12.6. The van der Waals surface area contributed by atoms with Gasteiger partial charge in [-0.1, -0.05) is 30.3 Å². The van der Waals surface area contributed by atoms with Crippen LogP contribution in [0.3, 0.4) is 0 Å². The zero-order valence-corrected chi connectivity index (χ0v) is 10.9. The molecule has 2 heteroatoms. The highest BCUT2D eigenvalue weighted by Gasteiger charge is 2.28. The fourth-order valence-corrected chi connectivity index (χ4v) is 2.61. The summed E-state index contributed by atoms with van der Waals surface area (Å²) in [5, 5.41) is 3.41. The van der Waals surface area contributed by atoms with Gasteiger partial charge in [-0.3, -0.25) is 0 Å². The maximum absolute atomic E-state index is 5.94. The number of aryl methyl sites for hydroxylation is 1. The van der Waals surface area contributed by atoms with E-state index in [9.17, 15) is 0 Å². The Hall–Kier alpha value is -0.860. The maximum Gasteiger partial charge on any atom is 0.0732 e. The van der Waals surface area contributed by atoms with Crippen LogP contribution in [0.15, 0.2) is 30.3 Å². The Morgan fingerprint density at radius 3 is 2.65 bits per heavy atom. The lowest BCUT2D eigenvalue weighted by atomic mass is 9.99. The molecule has 0 saturated carbocycles. The fraction of sp³-hybridized carbons (Fsp3) is 0.600. The Kier molecular flexibility index (Phi) is 4.57. The molecule has 0 aliphatic carbocycles. The van der Waals surface area contributed by atoms with Crippen LogP contribution < -0.4 is 5.32 Å². The topological polar surface area (TPSA) is 21.3 Å². The third kappa shape index (κ3) is 3.55. The van der Waals surface area contributed by atoms with Crippen molar-refractivity contribution in [1.82, 2.24) is 5.32 Å². The highest BCUT2D eigenvalue weighted by molar-refractivity contribution is 5.14. The molecule has 1 fully saturated rings. The highest BCUT2D eigenvalue weighted by atomic mass is 16.5. The lowest BCUT2D eigenvalue weighted by Crippen LogP contribution is -2.38. The van der Waals surface area contributed by atoms with Crippen LogP contribution in [0.2, 0.25) is 0 Å². The fourth-order valence-electron chi connectivity index (χ4n) is 2.61. The first-order valence-corrected chi connectivity index (χ1v) is 6.66. The Balaban J connectivity index is 1.84. The molecule has 1 heterocycles. The van der Waals surface area contributed by atoms with E-state index in [4.69, 9.17) is 4.74 Å². The predicted octanol–water partition coefficient (Wildman–Crippen LogP) is 2.77. The molecule has 3 unspecified atom stereocenters. The molecule has 1 aromatic rings. The summed E-state index contributed by atoms with van der Waals surface area (Å²) < 4.78 is 5.94. The highest BCUT2D eigenvalue weighted by Crippen LogP contribution is 2.23. The molecule has 1 aliphatic heterocycles. The van der Waals surface area contributed by atoms with Crippen molar-refractivity contribution < 1.29 is 4.74 Å². The summed E-state index contributed by atoms with van der Waals surface area (Å²) in [5.74, 6) is 0. The SMILES string of the molecule is CNC(CCc1ccccc1)C1CCC(C)O1. The van der Waals surface area contributed by atoms with E-state index in [1.54, 1.807) is 0 Å². The first-order valence-electron chi connectivity index (χ1n) is 6.66. The molecule has 0 bridgehead atoms. The van der Waals surface area contributed by atoms with Crippen LogP contribution in [0, 0.1) is 0 Å². The average Bonchev–Trinajstić information content (AvgIpc) is 2.78. The van der Waals surface area contributed by atoms with Gasteiger partial charge < -0.3 is 10.1 Å². The van der Waals surface area contributed by atoms with Gasteiger partial charge in [0.1, 0.15) is 0 Å². The molecule has 0 radical (unpaired) electrons. The second-order valence-electron chi connectivity index (χ2n) is 4.98. The van der Waals surface area contributed by atoms with E-state index in [1.165, 1.54) is 18.4 Å². The summed E-state index contributed by atoms with van der Waals surface area (Å²) in [6.07, 6.45) is 5.51. The van der Waals surface area contributed by atoms with E-state index >= 15 is 0 Å². The third-order valence-electron chi connectivity index (χ3n) is 3.67. The van der Waals surface area contributed by atoms with Crippen molar-refractivity contribution in [2.24, 2.45) is 0 Å². The molecule has 1 aliphatic rings. The van der Waals surface area contributed by atoms with Gasteiger partial charge >= 0.3 is 0 Å². The van der Waals surface area contributed by atoms with Gasteiger partial charge in [-0.15, -0.1) is 0 Å². The number of hydrogen-bond donors (Lipinski definition) is 1. The van der Waals surface area contributed by atoms with Crippen molar-refractivity contribution >= 4 is 0 Å². The Labute approximate surface area is 104 Å². The minimum absolute atomic E-state index is 0.402. The average molecular weight is 233 g/mol. The molecule has 2 rings (SSSR count). The molecule has 2 nitrogen and oxygen atoms in total. The summed E-state index contributed by atoms with van der Waals surface area (Å²) in [7, 11) is 2.04. The predicted molar refractivity (Wildman–Crippen MR) is 71.2 cm³/mol. The zero-order chi connectivity index (χ0) is 12.1.